The lowest BCUT2D eigenvalue weighted by Crippen LogP contribution is -2.43. The van der Waals surface area contributed by atoms with Gasteiger partial charge in [0.15, 0.2) is 0 Å². The Hall–Kier alpha value is -1.81. The van der Waals surface area contributed by atoms with E-state index < -0.39 is 0 Å². The SMILES string of the molecule is CCNc1ccnc2ccc(N3CCNCC3)cc12. The minimum Gasteiger partial charge on any atom is -0.385 e. The summed E-state index contributed by atoms with van der Waals surface area (Å²) in [6, 6.07) is 8.60. The van der Waals surface area contributed by atoms with E-state index in [1.165, 1.54) is 16.8 Å². The number of hydrogen-bond donors (Lipinski definition) is 2. The van der Waals surface area contributed by atoms with Crippen molar-refractivity contribution in [3.05, 3.63) is 30.5 Å². The van der Waals surface area contributed by atoms with Crippen LogP contribution in [0.4, 0.5) is 11.4 Å². The zero-order valence-corrected chi connectivity index (χ0v) is 11.3. The molecule has 0 amide bonds. The van der Waals surface area contributed by atoms with Crippen LogP contribution in [0.3, 0.4) is 0 Å². The predicted octanol–water partition coefficient (Wildman–Crippen LogP) is 2.08. The van der Waals surface area contributed by atoms with Gasteiger partial charge in [-0.05, 0) is 31.2 Å². The minimum atomic E-state index is 0.928. The van der Waals surface area contributed by atoms with Gasteiger partial charge in [0.1, 0.15) is 0 Å². The third-order valence-electron chi connectivity index (χ3n) is 3.57. The van der Waals surface area contributed by atoms with Crippen LogP contribution in [-0.4, -0.2) is 37.7 Å². The van der Waals surface area contributed by atoms with Gasteiger partial charge in [0, 0.05) is 55.7 Å². The van der Waals surface area contributed by atoms with Gasteiger partial charge in [-0.25, -0.2) is 0 Å². The number of piperazine rings is 1. The van der Waals surface area contributed by atoms with Crippen LogP contribution >= 0.6 is 0 Å². The van der Waals surface area contributed by atoms with Gasteiger partial charge in [0.25, 0.3) is 0 Å². The Morgan fingerprint density at radius 1 is 1.26 bits per heavy atom. The first kappa shape index (κ1) is 12.2. The van der Waals surface area contributed by atoms with Crippen molar-refractivity contribution in [2.24, 2.45) is 0 Å². The average molecular weight is 256 g/mol. The lowest BCUT2D eigenvalue weighted by molar-refractivity contribution is 0.589. The molecule has 0 unspecified atom stereocenters. The molecule has 0 radical (unpaired) electrons. The van der Waals surface area contributed by atoms with E-state index in [1.807, 2.05) is 12.3 Å². The fourth-order valence-electron chi connectivity index (χ4n) is 2.60. The van der Waals surface area contributed by atoms with Gasteiger partial charge in [-0.15, -0.1) is 0 Å². The Bertz CT molecular complexity index is 561. The molecular formula is C15H20N4. The molecule has 100 valence electrons. The topological polar surface area (TPSA) is 40.2 Å². The fraction of sp³-hybridized carbons (Fsp3) is 0.400. The van der Waals surface area contributed by atoms with Crippen LogP contribution in [0.2, 0.25) is 0 Å². The summed E-state index contributed by atoms with van der Waals surface area (Å²) in [6.45, 7) is 7.31. The number of rotatable bonds is 3. The van der Waals surface area contributed by atoms with Crippen LogP contribution in [0.15, 0.2) is 30.5 Å². The molecule has 1 saturated heterocycles. The predicted molar refractivity (Wildman–Crippen MR) is 81.0 cm³/mol. The van der Waals surface area contributed by atoms with Gasteiger partial charge in [0.05, 0.1) is 5.52 Å². The molecule has 0 atom stereocenters. The molecule has 1 aromatic carbocycles. The van der Waals surface area contributed by atoms with E-state index in [9.17, 15) is 0 Å². The second-order valence-electron chi connectivity index (χ2n) is 4.83. The molecule has 4 heteroatoms. The zero-order valence-electron chi connectivity index (χ0n) is 11.3. The van der Waals surface area contributed by atoms with Gasteiger partial charge in [0.2, 0.25) is 0 Å². The summed E-state index contributed by atoms with van der Waals surface area (Å²) in [4.78, 5) is 6.87. The number of fused-ring (bicyclic) bond motifs is 1. The second-order valence-corrected chi connectivity index (χ2v) is 4.83. The molecule has 0 spiro atoms. The van der Waals surface area contributed by atoms with Crippen molar-refractivity contribution in [2.45, 2.75) is 6.92 Å². The molecule has 1 fully saturated rings. The van der Waals surface area contributed by atoms with Crippen molar-refractivity contribution in [3.63, 3.8) is 0 Å². The smallest absolute Gasteiger partial charge is 0.0724 e. The van der Waals surface area contributed by atoms with E-state index in [1.54, 1.807) is 0 Å². The van der Waals surface area contributed by atoms with Gasteiger partial charge in [-0.2, -0.15) is 0 Å². The first-order valence-corrected chi connectivity index (χ1v) is 6.97. The van der Waals surface area contributed by atoms with Crippen LogP contribution in [0.5, 0.6) is 0 Å². The Kier molecular flexibility index (Phi) is 3.51. The number of anilines is 2. The first-order valence-electron chi connectivity index (χ1n) is 6.97. The van der Waals surface area contributed by atoms with E-state index in [4.69, 9.17) is 0 Å². The van der Waals surface area contributed by atoms with Crippen molar-refractivity contribution in [1.82, 2.24) is 10.3 Å². The molecule has 2 N–H and O–H groups in total. The summed E-state index contributed by atoms with van der Waals surface area (Å²) in [7, 11) is 0. The maximum atomic E-state index is 4.44. The van der Waals surface area contributed by atoms with Crippen molar-refractivity contribution >= 4 is 22.3 Å². The Morgan fingerprint density at radius 2 is 2.11 bits per heavy atom. The highest BCUT2D eigenvalue weighted by Gasteiger charge is 2.11. The molecule has 1 aliphatic heterocycles. The maximum Gasteiger partial charge on any atom is 0.0724 e. The molecule has 0 bridgehead atoms. The number of benzene rings is 1. The van der Waals surface area contributed by atoms with E-state index in [0.29, 0.717) is 0 Å². The number of nitrogens with zero attached hydrogens (tertiary/aromatic N) is 2. The zero-order chi connectivity index (χ0) is 13.1. The first-order chi connectivity index (χ1) is 9.38. The van der Waals surface area contributed by atoms with E-state index in [0.717, 1.165) is 38.2 Å². The summed E-state index contributed by atoms with van der Waals surface area (Å²) < 4.78 is 0. The molecule has 1 aromatic heterocycles. The van der Waals surface area contributed by atoms with Crippen molar-refractivity contribution in [3.8, 4) is 0 Å². The lowest BCUT2D eigenvalue weighted by atomic mass is 10.1. The molecule has 0 saturated carbocycles. The Morgan fingerprint density at radius 3 is 2.89 bits per heavy atom. The molecule has 4 nitrogen and oxygen atoms in total. The van der Waals surface area contributed by atoms with Gasteiger partial charge >= 0.3 is 0 Å². The number of aromatic nitrogens is 1. The van der Waals surface area contributed by atoms with Gasteiger partial charge in [-0.3, -0.25) is 4.98 Å². The highest BCUT2D eigenvalue weighted by atomic mass is 15.2. The van der Waals surface area contributed by atoms with Crippen LogP contribution in [0.1, 0.15) is 6.92 Å². The third kappa shape index (κ3) is 2.49. The van der Waals surface area contributed by atoms with Gasteiger partial charge < -0.3 is 15.5 Å². The Balaban J connectivity index is 2.00. The number of pyridine rings is 1. The van der Waals surface area contributed by atoms with E-state index in [2.05, 4.69) is 45.6 Å². The summed E-state index contributed by atoms with van der Waals surface area (Å²) in [6.07, 6.45) is 1.87. The van der Waals surface area contributed by atoms with Crippen molar-refractivity contribution in [1.29, 1.82) is 0 Å². The fourth-order valence-corrected chi connectivity index (χ4v) is 2.60. The van der Waals surface area contributed by atoms with E-state index in [-0.39, 0.29) is 0 Å². The summed E-state index contributed by atoms with van der Waals surface area (Å²) >= 11 is 0. The maximum absolute atomic E-state index is 4.44. The van der Waals surface area contributed by atoms with Gasteiger partial charge in [-0.1, -0.05) is 0 Å². The summed E-state index contributed by atoms with van der Waals surface area (Å²) in [5, 5.41) is 8.01. The molecule has 2 aromatic rings. The third-order valence-corrected chi connectivity index (χ3v) is 3.57. The Labute approximate surface area is 113 Å². The number of nitrogens with one attached hydrogen (secondary N) is 2. The van der Waals surface area contributed by atoms with Crippen LogP contribution in [0, 0.1) is 0 Å². The molecule has 3 rings (SSSR count). The standard InChI is InChI=1S/C15H20N4/c1-2-17-15-5-6-18-14-4-3-12(11-13(14)15)19-9-7-16-8-10-19/h3-6,11,16H,2,7-10H2,1H3,(H,17,18). The average Bonchev–Trinajstić information content (AvgIpc) is 2.48. The highest BCUT2D eigenvalue weighted by molar-refractivity contribution is 5.93. The lowest BCUT2D eigenvalue weighted by Gasteiger charge is -2.29. The molecular weight excluding hydrogens is 236 g/mol. The van der Waals surface area contributed by atoms with Crippen LogP contribution in [0.25, 0.3) is 10.9 Å². The monoisotopic (exact) mass is 256 g/mol. The van der Waals surface area contributed by atoms with Crippen molar-refractivity contribution in [2.75, 3.05) is 42.9 Å². The largest absolute Gasteiger partial charge is 0.385 e. The van der Waals surface area contributed by atoms with Crippen LogP contribution in [-0.2, 0) is 0 Å². The summed E-state index contributed by atoms with van der Waals surface area (Å²) in [5.41, 5.74) is 3.52. The second kappa shape index (κ2) is 5.45. The van der Waals surface area contributed by atoms with Crippen molar-refractivity contribution < 1.29 is 0 Å². The minimum absolute atomic E-state index is 0.928. The van der Waals surface area contributed by atoms with Crippen LogP contribution < -0.4 is 15.5 Å². The normalized spacial score (nSPS) is 15.7. The van der Waals surface area contributed by atoms with E-state index >= 15 is 0 Å². The molecule has 19 heavy (non-hydrogen) atoms. The quantitative estimate of drug-likeness (QED) is 0.882. The highest BCUT2D eigenvalue weighted by Crippen LogP contribution is 2.26. The molecule has 2 heterocycles. The summed E-state index contributed by atoms with van der Waals surface area (Å²) in [5.74, 6) is 0. The molecule has 1 aliphatic rings. The molecule has 0 aliphatic carbocycles. The number of hydrogen-bond acceptors (Lipinski definition) is 4.